The average Bonchev–Trinajstić information content (AvgIpc) is 1.61. The van der Waals surface area contributed by atoms with Crippen molar-refractivity contribution in [3.05, 3.63) is 0 Å². The molecule has 0 atom stereocenters. The van der Waals surface area contributed by atoms with Gasteiger partial charge in [0.1, 0.15) is 0 Å². The molecule has 31 valence electrons. The Kier molecular flexibility index (Phi) is 7.05. The SMILES string of the molecule is [CH3][Al][CH2]C[O][Al]. The molecular weight excluding hydrogens is 106 g/mol. The van der Waals surface area contributed by atoms with Crippen LogP contribution in [-0.2, 0) is 3.79 Å². The highest BCUT2D eigenvalue weighted by Crippen LogP contribution is 1.74. The van der Waals surface area contributed by atoms with E-state index in [-0.39, 0.29) is 0 Å². The summed E-state index contributed by atoms with van der Waals surface area (Å²) in [5, 5.41) is 1.25. The highest BCUT2D eigenvalue weighted by atomic mass is 27.1. The van der Waals surface area contributed by atoms with Crippen LogP contribution in [0.25, 0.3) is 0 Å². The van der Waals surface area contributed by atoms with Crippen molar-refractivity contribution in [1.82, 2.24) is 0 Å². The monoisotopic (exact) mass is 113 g/mol. The summed E-state index contributed by atoms with van der Waals surface area (Å²) in [4.78, 5) is 0. The lowest BCUT2D eigenvalue weighted by Crippen LogP contribution is -1.90. The van der Waals surface area contributed by atoms with Crippen molar-refractivity contribution in [3.8, 4) is 0 Å². The van der Waals surface area contributed by atoms with Crippen molar-refractivity contribution in [3.63, 3.8) is 0 Å². The van der Waals surface area contributed by atoms with Crippen LogP contribution in [-0.4, -0.2) is 38.5 Å². The molecule has 1 nitrogen and oxygen atoms in total. The van der Waals surface area contributed by atoms with E-state index in [4.69, 9.17) is 3.79 Å². The first-order valence-electron chi connectivity index (χ1n) is 2.01. The van der Waals surface area contributed by atoms with Gasteiger partial charge in [0.2, 0.25) is 0 Å². The smallest absolute Gasteiger partial charge is 0.369 e. The molecule has 3 heteroatoms. The molecule has 6 heavy (non-hydrogen) atoms. The first-order valence-corrected chi connectivity index (χ1v) is 4.45. The molecule has 0 aromatic carbocycles. The van der Waals surface area contributed by atoms with Gasteiger partial charge < -0.3 is 3.79 Å². The first-order chi connectivity index (χ1) is 2.91. The normalized spacial score (nSPS) is 8.17. The minimum atomic E-state index is 0.645. The Morgan fingerprint density at radius 2 is 2.50 bits per heavy atom. The molecule has 0 aromatic rings. The zero-order valence-electron chi connectivity index (χ0n) is 3.98. The predicted molar refractivity (Wildman–Crippen MR) is 28.1 cm³/mol. The van der Waals surface area contributed by atoms with Crippen LogP contribution in [0.1, 0.15) is 0 Å². The van der Waals surface area contributed by atoms with E-state index in [0.717, 1.165) is 6.61 Å². The number of hydrogen-bond donors (Lipinski definition) is 0. The van der Waals surface area contributed by atoms with Crippen molar-refractivity contribution in [2.45, 2.75) is 11.1 Å². The Morgan fingerprint density at radius 3 is 2.67 bits per heavy atom. The second kappa shape index (κ2) is 6.02. The first kappa shape index (κ1) is 7.02. The molecular formula is C3H7Al2O. The van der Waals surface area contributed by atoms with Crippen molar-refractivity contribution >= 4 is 31.8 Å². The van der Waals surface area contributed by atoms with Crippen LogP contribution < -0.4 is 0 Å². The Hall–Kier alpha value is 1.02. The van der Waals surface area contributed by atoms with Crippen molar-refractivity contribution in [2.24, 2.45) is 0 Å². The van der Waals surface area contributed by atoms with E-state index >= 15 is 0 Å². The summed E-state index contributed by atoms with van der Waals surface area (Å²) in [6.07, 6.45) is 0. The van der Waals surface area contributed by atoms with Crippen molar-refractivity contribution in [2.75, 3.05) is 6.61 Å². The lowest BCUT2D eigenvalue weighted by atomic mass is 10.9. The van der Waals surface area contributed by atoms with Gasteiger partial charge in [-0.15, -0.1) is 5.79 Å². The van der Waals surface area contributed by atoms with Gasteiger partial charge in [-0.3, -0.25) is 0 Å². The molecule has 0 saturated heterocycles. The summed E-state index contributed by atoms with van der Waals surface area (Å²) >= 11 is 2.89. The molecule has 0 fully saturated rings. The number of rotatable bonds is 3. The minimum absolute atomic E-state index is 0.645. The van der Waals surface area contributed by atoms with Crippen LogP contribution in [0.15, 0.2) is 0 Å². The molecule has 0 amide bonds. The summed E-state index contributed by atoms with van der Waals surface area (Å²) in [6, 6.07) is 0. The van der Waals surface area contributed by atoms with E-state index in [0.29, 0.717) is 15.2 Å². The van der Waals surface area contributed by atoms with E-state index in [1.807, 2.05) is 0 Å². The maximum absolute atomic E-state index is 4.72. The molecule has 0 aliphatic heterocycles. The maximum atomic E-state index is 4.72. The molecule has 0 aromatic heterocycles. The zero-order valence-corrected chi connectivity index (χ0v) is 6.29. The molecule has 0 heterocycles. The van der Waals surface area contributed by atoms with Crippen LogP contribution in [0.2, 0.25) is 11.1 Å². The van der Waals surface area contributed by atoms with Crippen LogP contribution in [0.3, 0.4) is 0 Å². The predicted octanol–water partition coefficient (Wildman–Crippen LogP) is 0.257. The van der Waals surface area contributed by atoms with Gasteiger partial charge in [0, 0.05) is 6.61 Å². The Balaban J connectivity index is 2.34. The topological polar surface area (TPSA) is 9.23 Å². The van der Waals surface area contributed by atoms with E-state index in [2.05, 4.69) is 22.4 Å². The molecule has 0 bridgehead atoms. The lowest BCUT2D eigenvalue weighted by Gasteiger charge is -1.90. The summed E-state index contributed by atoms with van der Waals surface area (Å²) in [5.74, 6) is 2.23. The Bertz CT molecular complexity index is 20.8. The largest absolute Gasteiger partial charge is 0.517 e. The van der Waals surface area contributed by atoms with Crippen molar-refractivity contribution < 1.29 is 3.79 Å². The van der Waals surface area contributed by atoms with Gasteiger partial charge >= 0.3 is 16.6 Å². The van der Waals surface area contributed by atoms with Crippen molar-refractivity contribution in [1.29, 1.82) is 0 Å². The van der Waals surface area contributed by atoms with Gasteiger partial charge in [-0.1, -0.05) is 5.28 Å². The van der Waals surface area contributed by atoms with Gasteiger partial charge in [-0.05, 0) is 0 Å². The van der Waals surface area contributed by atoms with E-state index in [1.54, 1.807) is 0 Å². The van der Waals surface area contributed by atoms with Gasteiger partial charge in [0.15, 0.2) is 15.2 Å². The van der Waals surface area contributed by atoms with E-state index in [9.17, 15) is 0 Å². The van der Waals surface area contributed by atoms with E-state index < -0.39 is 0 Å². The molecule has 0 aliphatic rings. The third kappa shape index (κ3) is 5.02. The molecule has 0 unspecified atom stereocenters. The second-order valence-electron chi connectivity index (χ2n) is 1.07. The van der Waals surface area contributed by atoms with Crippen LogP contribution in [0, 0.1) is 0 Å². The average molecular weight is 113 g/mol. The second-order valence-corrected chi connectivity index (χ2v) is 2.79. The number of hydrogen-bond acceptors (Lipinski definition) is 1. The van der Waals surface area contributed by atoms with Crippen LogP contribution >= 0.6 is 0 Å². The zero-order chi connectivity index (χ0) is 4.83. The third-order valence-corrected chi connectivity index (χ3v) is 1.57. The quantitative estimate of drug-likeness (QED) is 0.376. The molecule has 3 radical (unpaired) electrons. The molecule has 0 rings (SSSR count). The van der Waals surface area contributed by atoms with Crippen LogP contribution in [0.5, 0.6) is 0 Å². The van der Waals surface area contributed by atoms with E-state index in [1.165, 1.54) is 5.28 Å². The molecule has 0 saturated carbocycles. The minimum Gasteiger partial charge on any atom is -0.517 e. The standard InChI is InChI=1S/C2H4O.CH3.2Al/c1-2-3;;;/h1-2H2;1H3;;/q-1;;;+1. The third-order valence-electron chi connectivity index (χ3n) is 0.524. The molecule has 0 N–H and O–H groups in total. The fraction of sp³-hybridized carbons (Fsp3) is 1.00. The maximum Gasteiger partial charge on any atom is 0.369 e. The summed E-state index contributed by atoms with van der Waals surface area (Å²) in [7, 11) is 0. The fourth-order valence-corrected chi connectivity index (χ4v) is 0.966. The van der Waals surface area contributed by atoms with Gasteiger partial charge in [0.25, 0.3) is 0 Å². The summed E-state index contributed by atoms with van der Waals surface area (Å²) in [5.41, 5.74) is 0. The lowest BCUT2D eigenvalue weighted by molar-refractivity contribution is 0.375. The van der Waals surface area contributed by atoms with Crippen LogP contribution in [0.4, 0.5) is 0 Å². The molecule has 0 aliphatic carbocycles. The van der Waals surface area contributed by atoms with Gasteiger partial charge in [0.05, 0.1) is 0 Å². The fourth-order valence-electron chi connectivity index (χ4n) is 0.186. The van der Waals surface area contributed by atoms with Gasteiger partial charge in [-0.2, -0.15) is 0 Å². The molecule has 0 spiro atoms. The summed E-state index contributed by atoms with van der Waals surface area (Å²) in [6.45, 7) is 0.913. The summed E-state index contributed by atoms with van der Waals surface area (Å²) < 4.78 is 4.72. The highest BCUT2D eigenvalue weighted by molar-refractivity contribution is 6.33. The highest BCUT2D eigenvalue weighted by Gasteiger charge is 1.77. The Morgan fingerprint density at radius 1 is 1.83 bits per heavy atom. The van der Waals surface area contributed by atoms with Gasteiger partial charge in [-0.25, -0.2) is 0 Å². The Labute approximate surface area is 53.5 Å².